The monoisotopic (exact) mass is 350 g/mol. The van der Waals surface area contributed by atoms with E-state index in [-0.39, 0.29) is 29.4 Å². The van der Waals surface area contributed by atoms with Crippen molar-refractivity contribution in [3.8, 4) is 0 Å². The lowest BCUT2D eigenvalue weighted by molar-refractivity contribution is -0.152. The molecule has 6 nitrogen and oxygen atoms in total. The summed E-state index contributed by atoms with van der Waals surface area (Å²) < 4.78 is 5.05. The van der Waals surface area contributed by atoms with Crippen molar-refractivity contribution in [2.24, 2.45) is 0 Å². The van der Waals surface area contributed by atoms with Gasteiger partial charge in [-0.3, -0.25) is 14.4 Å². The quantitative estimate of drug-likeness (QED) is 0.699. The van der Waals surface area contributed by atoms with Crippen LogP contribution in [0.2, 0.25) is 0 Å². The van der Waals surface area contributed by atoms with E-state index in [9.17, 15) is 14.4 Å². The topological polar surface area (TPSA) is 84.5 Å². The number of anilines is 1. The van der Waals surface area contributed by atoms with Crippen LogP contribution in [0.5, 0.6) is 0 Å². The van der Waals surface area contributed by atoms with Crippen LogP contribution in [-0.2, 0) is 19.1 Å². The first kappa shape index (κ1) is 18.3. The molecule has 130 valence electrons. The Balaban J connectivity index is 1.62. The van der Waals surface area contributed by atoms with Gasteiger partial charge in [-0.05, 0) is 44.4 Å². The fourth-order valence-electron chi connectivity index (χ4n) is 1.98. The molecule has 0 aromatic heterocycles. The second-order valence-corrected chi connectivity index (χ2v) is 6.81. The van der Waals surface area contributed by atoms with Crippen LogP contribution < -0.4 is 10.6 Å². The summed E-state index contributed by atoms with van der Waals surface area (Å²) in [5.74, 6) is -0.777. The highest BCUT2D eigenvalue weighted by Crippen LogP contribution is 2.18. The molecule has 1 aliphatic rings. The van der Waals surface area contributed by atoms with Crippen LogP contribution in [0.4, 0.5) is 5.69 Å². The molecule has 1 aromatic carbocycles. The molecule has 0 unspecified atom stereocenters. The van der Waals surface area contributed by atoms with Gasteiger partial charge in [0.25, 0.3) is 5.91 Å². The number of aryl methyl sites for hydroxylation is 1. The van der Waals surface area contributed by atoms with E-state index in [0.717, 1.165) is 35.9 Å². The first-order chi connectivity index (χ1) is 11.4. The number of benzene rings is 1. The van der Waals surface area contributed by atoms with Gasteiger partial charge in [0.2, 0.25) is 5.91 Å². The molecule has 1 atom stereocenters. The Morgan fingerprint density at radius 2 is 2.04 bits per heavy atom. The van der Waals surface area contributed by atoms with Crippen molar-refractivity contribution in [3.05, 3.63) is 29.8 Å². The van der Waals surface area contributed by atoms with E-state index < -0.39 is 12.1 Å². The summed E-state index contributed by atoms with van der Waals surface area (Å²) in [6.07, 6.45) is 1.16. The van der Waals surface area contributed by atoms with Gasteiger partial charge in [-0.15, -0.1) is 11.8 Å². The van der Waals surface area contributed by atoms with E-state index in [0.29, 0.717) is 0 Å². The molecule has 24 heavy (non-hydrogen) atoms. The van der Waals surface area contributed by atoms with E-state index in [2.05, 4.69) is 10.6 Å². The molecular weight excluding hydrogens is 328 g/mol. The average molecular weight is 350 g/mol. The minimum absolute atomic E-state index is 0.0300. The van der Waals surface area contributed by atoms with Crippen molar-refractivity contribution < 1.29 is 19.1 Å². The van der Waals surface area contributed by atoms with Crippen molar-refractivity contribution in [1.29, 1.82) is 0 Å². The number of hydrogen-bond acceptors (Lipinski definition) is 5. The second kappa shape index (κ2) is 8.73. The lowest BCUT2D eigenvalue weighted by Gasteiger charge is -2.13. The number of rotatable bonds is 8. The molecular formula is C17H22N2O4S. The van der Waals surface area contributed by atoms with Gasteiger partial charge in [-0.1, -0.05) is 12.1 Å². The summed E-state index contributed by atoms with van der Waals surface area (Å²) in [6, 6.07) is 7.73. The molecule has 2 N–H and O–H groups in total. The first-order valence-corrected chi connectivity index (χ1v) is 9.03. The van der Waals surface area contributed by atoms with E-state index in [1.807, 2.05) is 31.2 Å². The molecule has 1 fully saturated rings. The highest BCUT2D eigenvalue weighted by molar-refractivity contribution is 8.00. The second-order valence-electron chi connectivity index (χ2n) is 5.83. The lowest BCUT2D eigenvalue weighted by atomic mass is 10.2. The van der Waals surface area contributed by atoms with Gasteiger partial charge in [0.1, 0.15) is 0 Å². The van der Waals surface area contributed by atoms with E-state index in [1.165, 1.54) is 0 Å². The third kappa shape index (κ3) is 6.62. The number of thioether (sulfide) groups is 1. The van der Waals surface area contributed by atoms with Gasteiger partial charge in [-0.2, -0.15) is 0 Å². The predicted octanol–water partition coefficient (Wildman–Crippen LogP) is 1.88. The Bertz CT molecular complexity index is 616. The van der Waals surface area contributed by atoms with Crippen molar-refractivity contribution >= 4 is 35.2 Å². The number of hydrogen-bond donors (Lipinski definition) is 2. The van der Waals surface area contributed by atoms with Gasteiger partial charge >= 0.3 is 5.97 Å². The molecule has 0 bridgehead atoms. The normalized spacial score (nSPS) is 14.6. The third-order valence-electron chi connectivity index (χ3n) is 3.36. The standard InChI is InChI=1S/C17H22N2O4S/c1-11-4-3-5-14(8-11)18-15(20)9-24-10-16(21)23-12(2)17(22)19-13-6-7-13/h3-5,8,12-13H,6-7,9-10H2,1-2H3,(H,18,20)(H,19,22)/t12-/m0/s1. The SMILES string of the molecule is Cc1cccc(NC(=O)CSCC(=O)O[C@@H](C)C(=O)NC2CC2)c1. The van der Waals surface area contributed by atoms with Gasteiger partial charge in [0.15, 0.2) is 6.10 Å². The Kier molecular flexibility index (Phi) is 6.66. The Hall–Kier alpha value is -2.02. The molecule has 1 aliphatic carbocycles. The van der Waals surface area contributed by atoms with Crippen LogP contribution in [0.1, 0.15) is 25.3 Å². The van der Waals surface area contributed by atoms with E-state index in [4.69, 9.17) is 4.74 Å². The molecule has 0 heterocycles. The largest absolute Gasteiger partial charge is 0.452 e. The summed E-state index contributed by atoms with van der Waals surface area (Å²) in [6.45, 7) is 3.49. The minimum atomic E-state index is -0.806. The molecule has 2 rings (SSSR count). The van der Waals surface area contributed by atoms with Crippen LogP contribution >= 0.6 is 11.8 Å². The number of ether oxygens (including phenoxy) is 1. The fourth-order valence-corrected chi connectivity index (χ4v) is 2.57. The molecule has 0 saturated heterocycles. The predicted molar refractivity (Wildman–Crippen MR) is 93.9 cm³/mol. The zero-order valence-corrected chi connectivity index (χ0v) is 14.7. The molecule has 0 spiro atoms. The van der Waals surface area contributed by atoms with Gasteiger partial charge in [0.05, 0.1) is 11.5 Å². The molecule has 1 aromatic rings. The number of esters is 1. The number of nitrogens with one attached hydrogen (secondary N) is 2. The van der Waals surface area contributed by atoms with Crippen LogP contribution in [0, 0.1) is 6.92 Å². The average Bonchev–Trinajstić information content (AvgIpc) is 3.31. The number of carbonyl (C=O) groups excluding carboxylic acids is 3. The van der Waals surface area contributed by atoms with Gasteiger partial charge in [-0.25, -0.2) is 0 Å². The van der Waals surface area contributed by atoms with Crippen molar-refractivity contribution in [2.75, 3.05) is 16.8 Å². The summed E-state index contributed by atoms with van der Waals surface area (Å²) in [5, 5.41) is 5.55. The first-order valence-electron chi connectivity index (χ1n) is 7.88. The fraction of sp³-hybridized carbons (Fsp3) is 0.471. The Morgan fingerprint density at radius 3 is 2.71 bits per heavy atom. The zero-order chi connectivity index (χ0) is 17.5. The highest BCUT2D eigenvalue weighted by Gasteiger charge is 2.27. The molecule has 1 saturated carbocycles. The lowest BCUT2D eigenvalue weighted by Crippen LogP contribution is -2.37. The van der Waals surface area contributed by atoms with Crippen molar-refractivity contribution in [2.45, 2.75) is 38.8 Å². The van der Waals surface area contributed by atoms with Crippen molar-refractivity contribution in [1.82, 2.24) is 5.32 Å². The molecule has 2 amide bonds. The summed E-state index contributed by atoms with van der Waals surface area (Å²) >= 11 is 1.15. The van der Waals surface area contributed by atoms with E-state index in [1.54, 1.807) is 6.92 Å². The summed E-state index contributed by atoms with van der Waals surface area (Å²) in [5.41, 5.74) is 1.79. The van der Waals surface area contributed by atoms with E-state index >= 15 is 0 Å². The zero-order valence-electron chi connectivity index (χ0n) is 13.8. The Morgan fingerprint density at radius 1 is 1.29 bits per heavy atom. The number of carbonyl (C=O) groups is 3. The maximum absolute atomic E-state index is 11.8. The van der Waals surface area contributed by atoms with Crippen LogP contribution in [0.25, 0.3) is 0 Å². The van der Waals surface area contributed by atoms with Crippen LogP contribution in [0.3, 0.4) is 0 Å². The van der Waals surface area contributed by atoms with Gasteiger partial charge in [0, 0.05) is 11.7 Å². The maximum atomic E-state index is 11.8. The molecule has 0 radical (unpaired) electrons. The summed E-state index contributed by atoms with van der Waals surface area (Å²) in [4.78, 5) is 35.2. The molecule has 0 aliphatic heterocycles. The van der Waals surface area contributed by atoms with Crippen molar-refractivity contribution in [3.63, 3.8) is 0 Å². The third-order valence-corrected chi connectivity index (χ3v) is 4.26. The summed E-state index contributed by atoms with van der Waals surface area (Å²) in [7, 11) is 0. The highest BCUT2D eigenvalue weighted by atomic mass is 32.2. The minimum Gasteiger partial charge on any atom is -0.452 e. The molecule has 7 heteroatoms. The number of amides is 2. The van der Waals surface area contributed by atoms with Crippen LogP contribution in [-0.4, -0.2) is 41.4 Å². The van der Waals surface area contributed by atoms with Gasteiger partial charge < -0.3 is 15.4 Å². The van der Waals surface area contributed by atoms with Crippen LogP contribution in [0.15, 0.2) is 24.3 Å². The smallest absolute Gasteiger partial charge is 0.316 e. The maximum Gasteiger partial charge on any atom is 0.316 e. The Labute approximate surface area is 145 Å².